The Morgan fingerprint density at radius 3 is 2.39 bits per heavy atom. The Morgan fingerprint density at radius 1 is 1.18 bits per heavy atom. The van der Waals surface area contributed by atoms with Crippen LogP contribution in [-0.4, -0.2) is 52.6 Å². The maximum atomic E-state index is 13.1. The lowest BCUT2D eigenvalue weighted by Crippen LogP contribution is -2.47. The third-order valence-electron chi connectivity index (χ3n) is 5.50. The average molecular weight is 466 g/mol. The molecule has 2 aromatic heterocycles. The van der Waals surface area contributed by atoms with E-state index in [1.807, 2.05) is 6.07 Å². The van der Waals surface area contributed by atoms with Crippen LogP contribution in [0.2, 0.25) is 0 Å². The lowest BCUT2D eigenvalue weighted by atomic mass is 10.0. The van der Waals surface area contributed by atoms with Gasteiger partial charge in [-0.15, -0.1) is 0 Å². The number of carbonyl (C=O) groups excluding carboxylic acids is 2. The van der Waals surface area contributed by atoms with Gasteiger partial charge in [0.1, 0.15) is 11.5 Å². The van der Waals surface area contributed by atoms with Gasteiger partial charge in [0, 0.05) is 46.3 Å². The minimum atomic E-state index is -4.64. The fourth-order valence-electron chi connectivity index (χ4n) is 3.66. The van der Waals surface area contributed by atoms with Gasteiger partial charge in [0.25, 0.3) is 5.56 Å². The lowest BCUT2D eigenvalue weighted by Gasteiger charge is -2.37. The zero-order chi connectivity index (χ0) is 24.3. The van der Waals surface area contributed by atoms with E-state index in [1.54, 1.807) is 19.3 Å². The number of hydrogen-bond donors (Lipinski definition) is 2. The number of urea groups is 1. The van der Waals surface area contributed by atoms with Gasteiger partial charge in [-0.25, -0.2) is 9.78 Å². The number of carbonyl (C=O) groups is 2. The molecule has 2 aromatic rings. The van der Waals surface area contributed by atoms with Crippen molar-refractivity contribution >= 4 is 29.1 Å². The number of halogens is 3. The molecule has 0 saturated carbocycles. The maximum absolute atomic E-state index is 13.1. The Bertz CT molecular complexity index is 1080. The summed E-state index contributed by atoms with van der Waals surface area (Å²) in [4.78, 5) is 43.6. The van der Waals surface area contributed by atoms with Gasteiger partial charge in [0.05, 0.1) is 17.4 Å². The molecule has 0 spiro atoms. The van der Waals surface area contributed by atoms with Crippen LogP contribution >= 0.6 is 0 Å². The van der Waals surface area contributed by atoms with E-state index in [9.17, 15) is 27.6 Å². The van der Waals surface area contributed by atoms with Crippen LogP contribution in [0.3, 0.4) is 0 Å². The molecule has 1 saturated heterocycles. The molecule has 0 radical (unpaired) electrons. The molecular formula is C21H25F3N6O3. The van der Waals surface area contributed by atoms with Crippen molar-refractivity contribution in [2.45, 2.75) is 32.0 Å². The zero-order valence-corrected chi connectivity index (χ0v) is 18.4. The minimum absolute atomic E-state index is 0.150. The molecule has 33 heavy (non-hydrogen) atoms. The van der Waals surface area contributed by atoms with Crippen molar-refractivity contribution in [3.05, 3.63) is 46.5 Å². The van der Waals surface area contributed by atoms with Crippen molar-refractivity contribution < 1.29 is 22.8 Å². The molecule has 1 aliphatic heterocycles. The van der Waals surface area contributed by atoms with Crippen LogP contribution in [0.15, 0.2) is 35.4 Å². The number of pyridine rings is 2. The van der Waals surface area contributed by atoms with Crippen LogP contribution in [0.5, 0.6) is 0 Å². The van der Waals surface area contributed by atoms with Gasteiger partial charge in [-0.2, -0.15) is 13.2 Å². The van der Waals surface area contributed by atoms with Crippen LogP contribution in [0.25, 0.3) is 0 Å². The average Bonchev–Trinajstić information content (AvgIpc) is 2.75. The second-order valence-electron chi connectivity index (χ2n) is 7.90. The summed E-state index contributed by atoms with van der Waals surface area (Å²) in [5.74, 6) is 0.249. The van der Waals surface area contributed by atoms with E-state index in [2.05, 4.69) is 20.5 Å². The quantitative estimate of drug-likeness (QED) is 0.722. The smallest absolute Gasteiger partial charge is 0.370 e. The van der Waals surface area contributed by atoms with E-state index < -0.39 is 29.0 Å². The van der Waals surface area contributed by atoms with E-state index in [0.29, 0.717) is 44.0 Å². The molecule has 3 amide bonds. The van der Waals surface area contributed by atoms with Crippen molar-refractivity contribution in [1.82, 2.24) is 14.5 Å². The lowest BCUT2D eigenvalue weighted by molar-refractivity contribution is -0.138. The molecule has 0 aromatic carbocycles. The van der Waals surface area contributed by atoms with E-state index in [1.165, 1.54) is 18.9 Å². The number of rotatable bonds is 4. The molecular weight excluding hydrogens is 441 g/mol. The number of amides is 3. The van der Waals surface area contributed by atoms with Gasteiger partial charge in [0.15, 0.2) is 0 Å². The molecule has 0 bridgehead atoms. The van der Waals surface area contributed by atoms with Gasteiger partial charge in [0.2, 0.25) is 5.91 Å². The van der Waals surface area contributed by atoms with Crippen molar-refractivity contribution in [2.75, 3.05) is 35.7 Å². The summed E-state index contributed by atoms with van der Waals surface area (Å²) in [5.41, 5.74) is -1.29. The van der Waals surface area contributed by atoms with Gasteiger partial charge in [-0.3, -0.25) is 9.59 Å². The highest BCUT2D eigenvalue weighted by molar-refractivity contribution is 5.89. The molecule has 1 fully saturated rings. The highest BCUT2D eigenvalue weighted by atomic mass is 19.4. The minimum Gasteiger partial charge on any atom is -0.370 e. The first-order valence-electron chi connectivity index (χ1n) is 10.3. The van der Waals surface area contributed by atoms with Crippen LogP contribution in [0.4, 0.5) is 35.2 Å². The number of hydrogen-bond acceptors (Lipinski definition) is 5. The first-order valence-corrected chi connectivity index (χ1v) is 10.3. The summed E-state index contributed by atoms with van der Waals surface area (Å²) in [6.07, 6.45) is -1.05. The van der Waals surface area contributed by atoms with Crippen LogP contribution in [-0.2, 0) is 18.0 Å². The van der Waals surface area contributed by atoms with E-state index in [-0.39, 0.29) is 11.9 Å². The number of anilines is 3. The summed E-state index contributed by atoms with van der Waals surface area (Å²) in [5, 5.41) is 4.92. The standard InChI is InChI=1S/C21H25F3N6O3/c1-13(31)26-18-5-4-16(11-25-18)30-8-6-15(7-9-30)29(3)20(33)27-17-10-14(21(22,23)24)12-28(2)19(17)32/h4-5,10-12,15H,6-9H2,1-3H3,(H,27,33)(H,25,26,31). The van der Waals surface area contributed by atoms with Crippen molar-refractivity contribution in [1.29, 1.82) is 0 Å². The Morgan fingerprint density at radius 2 is 1.85 bits per heavy atom. The molecule has 0 atom stereocenters. The Kier molecular flexibility index (Phi) is 6.94. The van der Waals surface area contributed by atoms with Crippen molar-refractivity contribution in [3.8, 4) is 0 Å². The van der Waals surface area contributed by atoms with Crippen molar-refractivity contribution in [2.24, 2.45) is 7.05 Å². The molecule has 3 rings (SSSR count). The first-order chi connectivity index (χ1) is 15.5. The van der Waals surface area contributed by atoms with Gasteiger partial charge in [-0.1, -0.05) is 0 Å². The highest BCUT2D eigenvalue weighted by Gasteiger charge is 2.32. The Labute approximate surface area is 188 Å². The second kappa shape index (κ2) is 9.51. The third kappa shape index (κ3) is 5.82. The fraction of sp³-hybridized carbons (Fsp3) is 0.429. The summed E-state index contributed by atoms with van der Waals surface area (Å²) >= 11 is 0. The summed E-state index contributed by atoms with van der Waals surface area (Å²) in [6.45, 7) is 2.67. The SMILES string of the molecule is CC(=O)Nc1ccc(N2CCC(N(C)C(=O)Nc3cc(C(F)(F)F)cn(C)c3=O)CC2)cn1. The second-order valence-corrected chi connectivity index (χ2v) is 7.90. The van der Waals surface area contributed by atoms with Crippen molar-refractivity contribution in [3.63, 3.8) is 0 Å². The summed E-state index contributed by atoms with van der Waals surface area (Å²) in [6, 6.07) is 3.40. The van der Waals surface area contributed by atoms with Crippen LogP contribution in [0, 0.1) is 0 Å². The number of aryl methyl sites for hydroxylation is 1. The predicted octanol–water partition coefficient (Wildman–Crippen LogP) is 2.89. The number of alkyl halides is 3. The molecule has 3 heterocycles. The fourth-order valence-corrected chi connectivity index (χ4v) is 3.66. The molecule has 9 nitrogen and oxygen atoms in total. The molecule has 178 valence electrons. The Balaban J connectivity index is 1.61. The van der Waals surface area contributed by atoms with Gasteiger partial charge in [-0.05, 0) is 31.0 Å². The highest BCUT2D eigenvalue weighted by Crippen LogP contribution is 2.29. The normalized spacial score (nSPS) is 14.7. The topological polar surface area (TPSA) is 99.6 Å². The molecule has 1 aliphatic rings. The zero-order valence-electron chi connectivity index (χ0n) is 18.4. The molecule has 2 N–H and O–H groups in total. The van der Waals surface area contributed by atoms with Gasteiger partial charge >= 0.3 is 12.2 Å². The maximum Gasteiger partial charge on any atom is 0.417 e. The van der Waals surface area contributed by atoms with E-state index >= 15 is 0 Å². The monoisotopic (exact) mass is 466 g/mol. The summed E-state index contributed by atoms with van der Waals surface area (Å²) < 4.78 is 40.0. The van der Waals surface area contributed by atoms with Crippen LogP contribution in [0.1, 0.15) is 25.3 Å². The number of aromatic nitrogens is 2. The summed E-state index contributed by atoms with van der Waals surface area (Å²) in [7, 11) is 2.75. The first kappa shape index (κ1) is 24.1. The molecule has 0 aliphatic carbocycles. The van der Waals surface area contributed by atoms with Crippen LogP contribution < -0.4 is 21.1 Å². The number of nitrogens with zero attached hydrogens (tertiary/aromatic N) is 4. The largest absolute Gasteiger partial charge is 0.417 e. The van der Waals surface area contributed by atoms with E-state index in [4.69, 9.17) is 0 Å². The van der Waals surface area contributed by atoms with Gasteiger partial charge < -0.3 is 25.0 Å². The molecule has 12 heteroatoms. The Hall–Kier alpha value is -3.57. The third-order valence-corrected chi connectivity index (χ3v) is 5.50. The number of nitrogens with one attached hydrogen (secondary N) is 2. The molecule has 0 unspecified atom stereocenters. The number of piperidine rings is 1. The predicted molar refractivity (Wildman–Crippen MR) is 117 cm³/mol. The van der Waals surface area contributed by atoms with E-state index in [0.717, 1.165) is 10.3 Å².